The number of para-hydroxylation sites is 1. The van der Waals surface area contributed by atoms with Gasteiger partial charge in [0.25, 0.3) is 0 Å². The summed E-state index contributed by atoms with van der Waals surface area (Å²) < 4.78 is 6.02. The van der Waals surface area contributed by atoms with Crippen molar-refractivity contribution in [1.82, 2.24) is 5.32 Å². The second-order valence-corrected chi connectivity index (χ2v) is 5.87. The molecule has 1 unspecified atom stereocenters. The van der Waals surface area contributed by atoms with Crippen LogP contribution in [-0.4, -0.2) is 18.7 Å². The maximum atomic E-state index is 9.58. The summed E-state index contributed by atoms with van der Waals surface area (Å²) in [5.74, 6) is 1.75. The molecular formula is C17H24N2O. The summed E-state index contributed by atoms with van der Waals surface area (Å²) in [6, 6.07) is 10.6. The monoisotopic (exact) mass is 272 g/mol. The molecule has 0 bridgehead atoms. The standard InChI is InChI=1S/C17H24N2O/c1-4-19-17(11-18,14-9-10-14)12-20-16-8-6-5-7-15(16)13(2)3/h5-8,13-14,19H,4,9-10,12H2,1-3H3. The lowest BCUT2D eigenvalue weighted by molar-refractivity contribution is 0.202. The van der Waals surface area contributed by atoms with Crippen molar-refractivity contribution < 1.29 is 4.74 Å². The van der Waals surface area contributed by atoms with Gasteiger partial charge < -0.3 is 4.74 Å². The molecule has 20 heavy (non-hydrogen) atoms. The predicted octanol–water partition coefficient (Wildman–Crippen LogP) is 3.47. The molecule has 2 rings (SSSR count). The summed E-state index contributed by atoms with van der Waals surface area (Å²) in [5, 5.41) is 12.9. The van der Waals surface area contributed by atoms with Gasteiger partial charge in [0.05, 0.1) is 6.07 Å². The lowest BCUT2D eigenvalue weighted by Gasteiger charge is -2.28. The number of hydrogen-bond acceptors (Lipinski definition) is 3. The van der Waals surface area contributed by atoms with Gasteiger partial charge >= 0.3 is 0 Å². The van der Waals surface area contributed by atoms with Gasteiger partial charge in [-0.2, -0.15) is 5.26 Å². The summed E-state index contributed by atoms with van der Waals surface area (Å²) in [4.78, 5) is 0. The van der Waals surface area contributed by atoms with E-state index in [0.717, 1.165) is 25.1 Å². The van der Waals surface area contributed by atoms with Crippen LogP contribution in [0, 0.1) is 17.2 Å². The van der Waals surface area contributed by atoms with Crippen molar-refractivity contribution in [3.63, 3.8) is 0 Å². The van der Waals surface area contributed by atoms with Crippen molar-refractivity contribution in [3.8, 4) is 11.8 Å². The lowest BCUT2D eigenvalue weighted by atomic mass is 9.96. The Kier molecular flexibility index (Phi) is 4.67. The second kappa shape index (κ2) is 6.28. The number of rotatable bonds is 7. The predicted molar refractivity (Wildman–Crippen MR) is 80.8 cm³/mol. The highest BCUT2D eigenvalue weighted by Gasteiger charge is 2.46. The molecule has 1 atom stereocenters. The van der Waals surface area contributed by atoms with Crippen LogP contribution in [0.3, 0.4) is 0 Å². The Morgan fingerprint density at radius 3 is 2.65 bits per heavy atom. The van der Waals surface area contributed by atoms with Gasteiger partial charge in [0.2, 0.25) is 0 Å². The Bertz CT molecular complexity index is 488. The van der Waals surface area contributed by atoms with Crippen LogP contribution in [0.1, 0.15) is 45.1 Å². The molecule has 108 valence electrons. The highest BCUT2D eigenvalue weighted by Crippen LogP contribution is 2.40. The van der Waals surface area contributed by atoms with E-state index in [9.17, 15) is 5.26 Å². The van der Waals surface area contributed by atoms with E-state index in [1.165, 1.54) is 5.56 Å². The smallest absolute Gasteiger partial charge is 0.143 e. The zero-order valence-corrected chi connectivity index (χ0v) is 12.6. The van der Waals surface area contributed by atoms with Gasteiger partial charge in [-0.25, -0.2) is 0 Å². The number of nitriles is 1. The van der Waals surface area contributed by atoms with E-state index in [1.807, 2.05) is 25.1 Å². The van der Waals surface area contributed by atoms with E-state index < -0.39 is 5.54 Å². The van der Waals surface area contributed by atoms with Crippen LogP contribution in [0.15, 0.2) is 24.3 Å². The van der Waals surface area contributed by atoms with E-state index in [4.69, 9.17) is 4.74 Å². The third kappa shape index (κ3) is 3.13. The summed E-state index contributed by atoms with van der Waals surface area (Å²) >= 11 is 0. The van der Waals surface area contributed by atoms with Crippen LogP contribution in [0.4, 0.5) is 0 Å². The Morgan fingerprint density at radius 2 is 2.10 bits per heavy atom. The molecule has 0 radical (unpaired) electrons. The lowest BCUT2D eigenvalue weighted by Crippen LogP contribution is -2.51. The first-order valence-electron chi connectivity index (χ1n) is 7.51. The number of nitrogens with zero attached hydrogens (tertiary/aromatic N) is 1. The highest BCUT2D eigenvalue weighted by atomic mass is 16.5. The number of likely N-dealkylation sites (N-methyl/N-ethyl adjacent to an activating group) is 1. The number of benzene rings is 1. The molecule has 3 heteroatoms. The van der Waals surface area contributed by atoms with Gasteiger partial charge in [-0.1, -0.05) is 39.0 Å². The van der Waals surface area contributed by atoms with Gasteiger partial charge in [0, 0.05) is 0 Å². The summed E-state index contributed by atoms with van der Waals surface area (Å²) in [7, 11) is 0. The minimum Gasteiger partial charge on any atom is -0.490 e. The van der Waals surface area contributed by atoms with E-state index in [-0.39, 0.29) is 0 Å². The molecule has 3 nitrogen and oxygen atoms in total. The molecule has 0 heterocycles. The minimum atomic E-state index is -0.529. The quantitative estimate of drug-likeness (QED) is 0.826. The zero-order valence-electron chi connectivity index (χ0n) is 12.6. The Morgan fingerprint density at radius 1 is 1.40 bits per heavy atom. The van der Waals surface area contributed by atoms with E-state index in [1.54, 1.807) is 0 Å². The largest absolute Gasteiger partial charge is 0.490 e. The third-order valence-electron chi connectivity index (χ3n) is 3.96. The average Bonchev–Trinajstić information content (AvgIpc) is 3.29. The van der Waals surface area contributed by atoms with Crippen LogP contribution in [0.5, 0.6) is 5.75 Å². The molecule has 1 aromatic carbocycles. The van der Waals surface area contributed by atoms with Gasteiger partial charge in [0.15, 0.2) is 0 Å². The Balaban J connectivity index is 2.12. The molecule has 1 aliphatic rings. The molecule has 0 aliphatic heterocycles. The van der Waals surface area contributed by atoms with E-state index >= 15 is 0 Å². The maximum Gasteiger partial charge on any atom is 0.143 e. The molecule has 0 aromatic heterocycles. The zero-order chi connectivity index (χ0) is 14.6. The topological polar surface area (TPSA) is 45.0 Å². The van der Waals surface area contributed by atoms with Crippen molar-refractivity contribution >= 4 is 0 Å². The summed E-state index contributed by atoms with van der Waals surface area (Å²) in [5.41, 5.74) is 0.672. The first-order valence-corrected chi connectivity index (χ1v) is 7.51. The van der Waals surface area contributed by atoms with Crippen LogP contribution < -0.4 is 10.1 Å². The fourth-order valence-corrected chi connectivity index (χ4v) is 2.65. The van der Waals surface area contributed by atoms with Gasteiger partial charge in [-0.3, -0.25) is 5.32 Å². The summed E-state index contributed by atoms with van der Waals surface area (Å²) in [6.45, 7) is 7.57. The van der Waals surface area contributed by atoms with Crippen molar-refractivity contribution in [1.29, 1.82) is 5.26 Å². The van der Waals surface area contributed by atoms with Gasteiger partial charge in [-0.15, -0.1) is 0 Å². The molecule has 0 amide bonds. The molecular weight excluding hydrogens is 248 g/mol. The van der Waals surface area contributed by atoms with Crippen molar-refractivity contribution in [3.05, 3.63) is 29.8 Å². The van der Waals surface area contributed by atoms with Crippen LogP contribution in [-0.2, 0) is 0 Å². The normalized spacial score (nSPS) is 17.6. The number of ether oxygens (including phenoxy) is 1. The Labute approximate surface area is 121 Å². The van der Waals surface area contributed by atoms with Gasteiger partial charge in [-0.05, 0) is 42.9 Å². The fraction of sp³-hybridized carbons (Fsp3) is 0.588. The van der Waals surface area contributed by atoms with Crippen molar-refractivity contribution in [2.75, 3.05) is 13.2 Å². The van der Waals surface area contributed by atoms with Crippen molar-refractivity contribution in [2.45, 2.75) is 45.1 Å². The molecule has 0 spiro atoms. The fourth-order valence-electron chi connectivity index (χ4n) is 2.65. The maximum absolute atomic E-state index is 9.58. The second-order valence-electron chi connectivity index (χ2n) is 5.87. The first-order chi connectivity index (χ1) is 9.63. The highest BCUT2D eigenvalue weighted by molar-refractivity contribution is 5.36. The van der Waals surface area contributed by atoms with E-state index in [2.05, 4.69) is 31.3 Å². The SMILES string of the molecule is CCNC(C#N)(COc1ccccc1C(C)C)C1CC1. The number of hydrogen-bond donors (Lipinski definition) is 1. The first kappa shape index (κ1) is 14.9. The average molecular weight is 272 g/mol. The third-order valence-corrected chi connectivity index (χ3v) is 3.96. The molecule has 0 saturated heterocycles. The molecule has 1 saturated carbocycles. The van der Waals surface area contributed by atoms with Crippen molar-refractivity contribution in [2.24, 2.45) is 5.92 Å². The van der Waals surface area contributed by atoms with E-state index in [0.29, 0.717) is 18.4 Å². The molecule has 1 N–H and O–H groups in total. The van der Waals surface area contributed by atoms with Crippen LogP contribution in [0.2, 0.25) is 0 Å². The van der Waals surface area contributed by atoms with Crippen LogP contribution >= 0.6 is 0 Å². The molecule has 1 fully saturated rings. The Hall–Kier alpha value is -1.53. The number of nitrogens with one attached hydrogen (secondary N) is 1. The van der Waals surface area contributed by atoms with Gasteiger partial charge in [0.1, 0.15) is 17.9 Å². The minimum absolute atomic E-state index is 0.419. The summed E-state index contributed by atoms with van der Waals surface area (Å²) in [6.07, 6.45) is 2.24. The van der Waals surface area contributed by atoms with Crippen LogP contribution in [0.25, 0.3) is 0 Å². The molecule has 1 aliphatic carbocycles. The molecule has 1 aromatic rings.